The van der Waals surface area contributed by atoms with Crippen LogP contribution in [-0.4, -0.2) is 78.3 Å². The van der Waals surface area contributed by atoms with Gasteiger partial charge in [-0.2, -0.15) is 5.10 Å². The molecule has 2 heterocycles. The summed E-state index contributed by atoms with van der Waals surface area (Å²) in [5.74, 6) is -2.87. The highest BCUT2D eigenvalue weighted by atomic mass is 32.2. The third-order valence-electron chi connectivity index (χ3n) is 4.42. The Morgan fingerprint density at radius 1 is 1.36 bits per heavy atom. The van der Waals surface area contributed by atoms with Gasteiger partial charge in [0.1, 0.15) is 6.04 Å². The smallest absolute Gasteiger partial charge is 0.407 e. The number of rotatable bonds is 6. The Hall–Kier alpha value is -2.83. The Kier molecular flexibility index (Phi) is 6.17. The maximum absolute atomic E-state index is 12.9. The summed E-state index contributed by atoms with van der Waals surface area (Å²) in [6.07, 6.45) is 0.0534. The first-order valence-electron chi connectivity index (χ1n) is 8.24. The molecule has 12 nitrogen and oxygen atoms in total. The van der Waals surface area contributed by atoms with Crippen LogP contribution in [0, 0.1) is 0 Å². The standard InChI is InChI=1S/C15H22N4O8S/c1-9-6-18-12(7-17(9)15(22)23)11(5-16-18)19(10(2)14(21)27-4)28(24,25)8-13(20)26-3/h5,9-10H,6-8H2,1-4H3,(H,22,23)/t9-,10?/m0/s1. The van der Waals surface area contributed by atoms with Crippen LogP contribution in [0.15, 0.2) is 6.20 Å². The molecule has 2 rings (SSSR count). The predicted molar refractivity (Wildman–Crippen MR) is 95.0 cm³/mol. The van der Waals surface area contributed by atoms with Gasteiger partial charge in [0.2, 0.25) is 10.0 Å². The van der Waals surface area contributed by atoms with Crippen LogP contribution in [0.2, 0.25) is 0 Å². The van der Waals surface area contributed by atoms with Crippen LogP contribution in [0.4, 0.5) is 10.5 Å². The average molecular weight is 418 g/mol. The summed E-state index contributed by atoms with van der Waals surface area (Å²) < 4.78 is 37.0. The second-order valence-electron chi connectivity index (χ2n) is 6.25. The molecular weight excluding hydrogens is 396 g/mol. The van der Waals surface area contributed by atoms with Crippen molar-refractivity contribution < 1.29 is 37.4 Å². The fourth-order valence-electron chi connectivity index (χ4n) is 2.97. The molecular formula is C15H22N4O8S. The number of sulfonamides is 1. The molecule has 0 radical (unpaired) electrons. The number of hydrogen-bond donors (Lipinski definition) is 1. The molecule has 1 aromatic rings. The van der Waals surface area contributed by atoms with Crippen LogP contribution in [0.1, 0.15) is 19.5 Å². The number of fused-ring (bicyclic) bond motifs is 1. The van der Waals surface area contributed by atoms with Gasteiger partial charge in [-0.3, -0.25) is 18.7 Å². The van der Waals surface area contributed by atoms with E-state index in [0.29, 0.717) is 0 Å². The average Bonchev–Trinajstić information content (AvgIpc) is 3.01. The van der Waals surface area contributed by atoms with Gasteiger partial charge in [0.25, 0.3) is 0 Å². The van der Waals surface area contributed by atoms with Gasteiger partial charge in [-0.15, -0.1) is 0 Å². The summed E-state index contributed by atoms with van der Waals surface area (Å²) in [7, 11) is -2.21. The van der Waals surface area contributed by atoms with Crippen molar-refractivity contribution in [3.8, 4) is 0 Å². The van der Waals surface area contributed by atoms with Gasteiger partial charge in [-0.1, -0.05) is 0 Å². The van der Waals surface area contributed by atoms with Crippen LogP contribution in [-0.2, 0) is 42.2 Å². The van der Waals surface area contributed by atoms with Gasteiger partial charge in [0.15, 0.2) is 5.75 Å². The van der Waals surface area contributed by atoms with Gasteiger partial charge in [-0.25, -0.2) is 18.0 Å². The number of carboxylic acid groups (broad SMARTS) is 1. The van der Waals surface area contributed by atoms with E-state index in [1.165, 1.54) is 17.8 Å². The van der Waals surface area contributed by atoms with Crippen LogP contribution in [0.25, 0.3) is 0 Å². The topological polar surface area (TPSA) is 148 Å². The number of methoxy groups -OCH3 is 2. The van der Waals surface area contributed by atoms with E-state index in [0.717, 1.165) is 23.4 Å². The minimum atomic E-state index is -4.36. The van der Waals surface area contributed by atoms with Crippen molar-refractivity contribution in [1.29, 1.82) is 0 Å². The van der Waals surface area contributed by atoms with Crippen molar-refractivity contribution in [2.45, 2.75) is 39.0 Å². The Morgan fingerprint density at radius 3 is 2.54 bits per heavy atom. The Bertz CT molecular complexity index is 881. The van der Waals surface area contributed by atoms with Crippen molar-refractivity contribution in [1.82, 2.24) is 14.7 Å². The molecule has 13 heteroatoms. The van der Waals surface area contributed by atoms with Crippen molar-refractivity contribution in [2.24, 2.45) is 0 Å². The SMILES string of the molecule is COC(=O)CS(=O)(=O)N(c1cnn2c1CN(C(=O)O)[C@@H](C)C2)C(C)C(=O)OC. The first-order chi connectivity index (χ1) is 13.0. The molecule has 0 aliphatic carbocycles. The van der Waals surface area contributed by atoms with Gasteiger partial charge in [0, 0.05) is 0 Å². The normalized spacial score (nSPS) is 17.4. The zero-order valence-corrected chi connectivity index (χ0v) is 16.7. The van der Waals surface area contributed by atoms with Crippen LogP contribution in [0.3, 0.4) is 0 Å². The van der Waals surface area contributed by atoms with E-state index in [2.05, 4.69) is 14.6 Å². The van der Waals surface area contributed by atoms with Crippen molar-refractivity contribution in [3.05, 3.63) is 11.9 Å². The van der Waals surface area contributed by atoms with E-state index < -0.39 is 39.8 Å². The van der Waals surface area contributed by atoms with E-state index in [1.807, 2.05) is 0 Å². The highest BCUT2D eigenvalue weighted by Crippen LogP contribution is 2.31. The minimum Gasteiger partial charge on any atom is -0.468 e. The van der Waals surface area contributed by atoms with Gasteiger partial charge >= 0.3 is 18.0 Å². The Balaban J connectivity index is 2.56. The lowest BCUT2D eigenvalue weighted by Gasteiger charge is -2.34. The summed E-state index contributed by atoms with van der Waals surface area (Å²) in [6.45, 7) is 3.06. The Morgan fingerprint density at radius 2 is 2.00 bits per heavy atom. The quantitative estimate of drug-likeness (QED) is 0.611. The number of anilines is 1. The lowest BCUT2D eigenvalue weighted by molar-refractivity contribution is -0.141. The largest absolute Gasteiger partial charge is 0.468 e. The highest BCUT2D eigenvalue weighted by molar-refractivity contribution is 7.93. The molecule has 1 unspecified atom stereocenters. The summed E-state index contributed by atoms with van der Waals surface area (Å²) in [4.78, 5) is 36.3. The van der Waals surface area contributed by atoms with Crippen LogP contribution < -0.4 is 4.31 Å². The molecule has 1 amide bonds. The molecule has 0 spiro atoms. The van der Waals surface area contributed by atoms with E-state index in [-0.39, 0.29) is 30.5 Å². The molecule has 1 aromatic heterocycles. The highest BCUT2D eigenvalue weighted by Gasteiger charge is 2.39. The summed E-state index contributed by atoms with van der Waals surface area (Å²) in [5, 5.41) is 13.5. The molecule has 1 aliphatic heterocycles. The van der Waals surface area contributed by atoms with Crippen molar-refractivity contribution >= 4 is 33.7 Å². The fourth-order valence-corrected chi connectivity index (χ4v) is 4.54. The lowest BCUT2D eigenvalue weighted by Crippen LogP contribution is -2.48. The number of carbonyl (C=O) groups is 3. The number of nitrogens with zero attached hydrogens (tertiary/aromatic N) is 4. The van der Waals surface area contributed by atoms with Crippen molar-refractivity contribution in [3.63, 3.8) is 0 Å². The van der Waals surface area contributed by atoms with Crippen LogP contribution in [0.5, 0.6) is 0 Å². The van der Waals surface area contributed by atoms with Crippen molar-refractivity contribution in [2.75, 3.05) is 24.3 Å². The number of ether oxygens (including phenoxy) is 2. The molecule has 1 N–H and O–H groups in total. The summed E-state index contributed by atoms with van der Waals surface area (Å²) >= 11 is 0. The monoisotopic (exact) mass is 418 g/mol. The molecule has 2 atom stereocenters. The number of esters is 2. The summed E-state index contributed by atoms with van der Waals surface area (Å²) in [5.41, 5.74) is 0.282. The second kappa shape index (κ2) is 8.04. The van der Waals surface area contributed by atoms with E-state index in [1.54, 1.807) is 6.92 Å². The minimum absolute atomic E-state index is 0.0000435. The lowest BCUT2D eigenvalue weighted by atomic mass is 10.2. The zero-order chi connectivity index (χ0) is 21.2. The van der Waals surface area contributed by atoms with Gasteiger partial charge in [0.05, 0.1) is 50.9 Å². The maximum Gasteiger partial charge on any atom is 0.407 e. The van der Waals surface area contributed by atoms with E-state index in [9.17, 15) is 27.9 Å². The zero-order valence-electron chi connectivity index (χ0n) is 15.9. The number of aromatic nitrogens is 2. The molecule has 0 saturated heterocycles. The first-order valence-corrected chi connectivity index (χ1v) is 9.85. The van der Waals surface area contributed by atoms with E-state index >= 15 is 0 Å². The molecule has 156 valence electrons. The van der Waals surface area contributed by atoms with Gasteiger partial charge < -0.3 is 14.6 Å². The number of hydrogen-bond acceptors (Lipinski definition) is 8. The molecule has 0 fully saturated rings. The van der Waals surface area contributed by atoms with E-state index in [4.69, 9.17) is 0 Å². The third kappa shape index (κ3) is 4.03. The second-order valence-corrected chi connectivity index (χ2v) is 8.09. The predicted octanol–water partition coefficient (Wildman–Crippen LogP) is -0.364. The number of carbonyl (C=O) groups excluding carboxylic acids is 2. The molecule has 0 saturated carbocycles. The molecule has 0 bridgehead atoms. The fraction of sp³-hybridized carbons (Fsp3) is 0.600. The molecule has 28 heavy (non-hydrogen) atoms. The van der Waals surface area contributed by atoms with Crippen LogP contribution >= 0.6 is 0 Å². The molecule has 0 aromatic carbocycles. The summed E-state index contributed by atoms with van der Waals surface area (Å²) in [6, 6.07) is -1.69. The molecule has 1 aliphatic rings. The third-order valence-corrected chi connectivity index (χ3v) is 6.13. The van der Waals surface area contributed by atoms with Gasteiger partial charge in [-0.05, 0) is 13.8 Å². The first kappa shape index (κ1) is 21.5. The maximum atomic E-state index is 12.9. The number of amides is 1. The Labute approximate surface area is 161 Å².